The number of benzene rings is 1. The van der Waals surface area contributed by atoms with Crippen molar-refractivity contribution in [2.45, 2.75) is 39.8 Å². The van der Waals surface area contributed by atoms with Gasteiger partial charge in [0.05, 0.1) is 18.4 Å². The number of nitrogens with one attached hydrogen (secondary N) is 2. The molecule has 6 N–H and O–H groups in total. The van der Waals surface area contributed by atoms with Gasteiger partial charge in [-0.1, -0.05) is 31.2 Å². The van der Waals surface area contributed by atoms with Gasteiger partial charge in [0.1, 0.15) is 11.6 Å². The van der Waals surface area contributed by atoms with Crippen LogP contribution in [0.1, 0.15) is 32.8 Å². The highest BCUT2D eigenvalue weighted by Crippen LogP contribution is 2.20. The van der Waals surface area contributed by atoms with Crippen LogP contribution in [0, 0.1) is 23.0 Å². The molecule has 0 saturated carbocycles. The lowest BCUT2D eigenvalue weighted by atomic mass is 9.95. The summed E-state index contributed by atoms with van der Waals surface area (Å²) in [4.78, 5) is 5.84. The van der Waals surface area contributed by atoms with Gasteiger partial charge in [0.2, 0.25) is 0 Å². The maximum absolute atomic E-state index is 13.9. The van der Waals surface area contributed by atoms with Crippen molar-refractivity contribution < 1.29 is 13.5 Å². The van der Waals surface area contributed by atoms with Crippen molar-refractivity contribution in [3.63, 3.8) is 0 Å². The van der Waals surface area contributed by atoms with Crippen molar-refractivity contribution in [2.75, 3.05) is 20.2 Å². The Hall–Kier alpha value is -3.56. The Morgan fingerprint density at radius 2 is 1.97 bits per heavy atom. The van der Waals surface area contributed by atoms with Gasteiger partial charge in [-0.3, -0.25) is 9.89 Å². The van der Waals surface area contributed by atoms with Crippen LogP contribution in [-0.4, -0.2) is 43.1 Å². The highest BCUT2D eigenvalue weighted by atomic mass is 19.1. The molecule has 0 saturated heterocycles. The number of ether oxygens (including phenoxy) is 1. The Bertz CT molecular complexity index is 1100. The lowest BCUT2D eigenvalue weighted by molar-refractivity contribution is 0.0707. The van der Waals surface area contributed by atoms with Gasteiger partial charge in [0.25, 0.3) is 0 Å². The van der Waals surface area contributed by atoms with Crippen molar-refractivity contribution in [1.29, 1.82) is 5.41 Å². The molecule has 2 atom stereocenters. The number of allylic oxidation sites excluding steroid dienone is 5. The minimum atomic E-state index is -0.562. The fourth-order valence-corrected chi connectivity index (χ4v) is 3.46. The summed E-state index contributed by atoms with van der Waals surface area (Å²) in [5.41, 5.74) is 15.3. The Kier molecular flexibility index (Phi) is 11.9. The molecular weight excluding hydrogens is 474 g/mol. The van der Waals surface area contributed by atoms with Crippen molar-refractivity contribution >= 4 is 11.9 Å². The summed E-state index contributed by atoms with van der Waals surface area (Å²) in [6, 6.07) is 3.85. The van der Waals surface area contributed by atoms with Crippen LogP contribution in [0.3, 0.4) is 0 Å². The molecule has 1 aliphatic carbocycles. The van der Waals surface area contributed by atoms with E-state index >= 15 is 0 Å². The Morgan fingerprint density at radius 1 is 1.27 bits per heavy atom. The van der Waals surface area contributed by atoms with Crippen molar-refractivity contribution in [2.24, 2.45) is 22.4 Å². The highest BCUT2D eigenvalue weighted by Gasteiger charge is 2.16. The average Bonchev–Trinajstić information content (AvgIpc) is 3.05. The molecule has 2 unspecified atom stereocenters. The van der Waals surface area contributed by atoms with Crippen LogP contribution in [0.25, 0.3) is 0 Å². The van der Waals surface area contributed by atoms with Gasteiger partial charge in [-0.25, -0.2) is 8.78 Å². The van der Waals surface area contributed by atoms with E-state index < -0.39 is 11.6 Å². The third-order valence-corrected chi connectivity index (χ3v) is 5.85. The predicted octanol–water partition coefficient (Wildman–Crippen LogP) is 4.51. The molecule has 0 amide bonds. The van der Waals surface area contributed by atoms with Gasteiger partial charge < -0.3 is 26.9 Å². The first-order valence-electron chi connectivity index (χ1n) is 12.2. The maximum Gasteiger partial charge on any atom is 0.130 e. The molecule has 0 radical (unpaired) electrons. The van der Waals surface area contributed by atoms with E-state index in [0.717, 1.165) is 5.70 Å². The zero-order chi connectivity index (χ0) is 27.4. The third-order valence-electron chi connectivity index (χ3n) is 5.85. The molecule has 2 rings (SSSR count). The van der Waals surface area contributed by atoms with Crippen LogP contribution in [-0.2, 0) is 11.3 Å². The molecule has 0 aliphatic heterocycles. The van der Waals surface area contributed by atoms with Crippen LogP contribution in [0.5, 0.6) is 0 Å². The van der Waals surface area contributed by atoms with E-state index in [0.29, 0.717) is 42.3 Å². The molecule has 1 aromatic carbocycles. The summed E-state index contributed by atoms with van der Waals surface area (Å²) in [5.74, 6) is -1.29. The number of nitrogens with zero attached hydrogens (tertiary/aromatic N) is 2. The number of hydrogen-bond acceptors (Lipinski definition) is 7. The van der Waals surface area contributed by atoms with Gasteiger partial charge in [0.15, 0.2) is 0 Å². The Labute approximate surface area is 218 Å². The van der Waals surface area contributed by atoms with Crippen LogP contribution < -0.4 is 16.8 Å². The van der Waals surface area contributed by atoms with Crippen molar-refractivity contribution in [3.05, 3.63) is 94.8 Å². The van der Waals surface area contributed by atoms with E-state index in [-0.39, 0.29) is 24.1 Å². The number of nitrogens with two attached hydrogens (primary N) is 2. The number of aliphatic imine (C=N–C) groups is 1. The summed E-state index contributed by atoms with van der Waals surface area (Å²) in [7, 11) is 1.77. The number of likely N-dealkylation sites (N-methyl/N-ethyl adjacent to an activating group) is 1. The second-order valence-corrected chi connectivity index (χ2v) is 8.80. The molecule has 0 bridgehead atoms. The molecule has 1 aliphatic rings. The molecule has 0 heterocycles. The first-order chi connectivity index (χ1) is 17.6. The molecule has 0 spiro atoms. The van der Waals surface area contributed by atoms with E-state index in [2.05, 4.69) is 10.3 Å². The SMILES string of the molecule is CC=N/C=C\C(C)C(=N)C1=CC(N/C=C(\N)C(C)OCCN(C)Cc2c(F)cccc2F)=CCC=C1N. The summed E-state index contributed by atoms with van der Waals surface area (Å²) in [5, 5.41) is 11.8. The summed E-state index contributed by atoms with van der Waals surface area (Å²) < 4.78 is 33.5. The average molecular weight is 513 g/mol. The molecule has 7 nitrogen and oxygen atoms in total. The molecule has 37 heavy (non-hydrogen) atoms. The van der Waals surface area contributed by atoms with E-state index in [1.807, 2.05) is 45.1 Å². The third kappa shape index (κ3) is 9.44. The Morgan fingerprint density at radius 3 is 2.65 bits per heavy atom. The Balaban J connectivity index is 1.92. The fraction of sp³-hybridized carbons (Fsp3) is 0.357. The van der Waals surface area contributed by atoms with Gasteiger partial charge >= 0.3 is 0 Å². The zero-order valence-corrected chi connectivity index (χ0v) is 22.0. The first-order valence-corrected chi connectivity index (χ1v) is 12.2. The van der Waals surface area contributed by atoms with E-state index in [1.165, 1.54) is 18.2 Å². The van der Waals surface area contributed by atoms with Crippen LogP contribution in [0.4, 0.5) is 8.78 Å². The zero-order valence-electron chi connectivity index (χ0n) is 22.0. The largest absolute Gasteiger partial charge is 0.399 e. The number of rotatable bonds is 13. The monoisotopic (exact) mass is 512 g/mol. The van der Waals surface area contributed by atoms with Crippen molar-refractivity contribution in [1.82, 2.24) is 10.2 Å². The smallest absolute Gasteiger partial charge is 0.130 e. The molecule has 0 aromatic heterocycles. The molecular formula is C28H38F2N6O. The number of hydrogen-bond donors (Lipinski definition) is 4. The maximum atomic E-state index is 13.9. The molecule has 0 fully saturated rings. The summed E-state index contributed by atoms with van der Waals surface area (Å²) in [6.45, 7) is 6.52. The second kappa shape index (κ2) is 14.9. The van der Waals surface area contributed by atoms with Gasteiger partial charge in [-0.05, 0) is 45.5 Å². The van der Waals surface area contributed by atoms with Gasteiger partial charge in [-0.2, -0.15) is 0 Å². The van der Waals surface area contributed by atoms with Gasteiger partial charge in [-0.15, -0.1) is 0 Å². The predicted molar refractivity (Wildman–Crippen MR) is 147 cm³/mol. The van der Waals surface area contributed by atoms with E-state index in [9.17, 15) is 8.78 Å². The van der Waals surface area contributed by atoms with E-state index in [4.69, 9.17) is 21.6 Å². The lowest BCUT2D eigenvalue weighted by Gasteiger charge is -2.20. The molecule has 200 valence electrons. The topological polar surface area (TPSA) is 113 Å². The van der Waals surface area contributed by atoms with Crippen LogP contribution >= 0.6 is 0 Å². The molecule has 1 aromatic rings. The fourth-order valence-electron chi connectivity index (χ4n) is 3.46. The highest BCUT2D eigenvalue weighted by molar-refractivity contribution is 6.04. The van der Waals surface area contributed by atoms with Crippen LogP contribution in [0.2, 0.25) is 0 Å². The lowest BCUT2D eigenvalue weighted by Crippen LogP contribution is -2.27. The quantitative estimate of drug-likeness (QED) is 0.291. The van der Waals surface area contributed by atoms with Crippen molar-refractivity contribution in [3.8, 4) is 0 Å². The first kappa shape index (κ1) is 29.7. The second-order valence-electron chi connectivity index (χ2n) is 8.80. The number of halogens is 2. The minimum Gasteiger partial charge on any atom is -0.399 e. The molecule has 9 heteroatoms. The van der Waals surface area contributed by atoms with Gasteiger partial charge in [0, 0.05) is 65.9 Å². The minimum absolute atomic E-state index is 0.0360. The van der Waals surface area contributed by atoms with Crippen LogP contribution in [0.15, 0.2) is 82.6 Å². The summed E-state index contributed by atoms with van der Waals surface area (Å²) >= 11 is 0. The van der Waals surface area contributed by atoms with E-state index in [1.54, 1.807) is 30.6 Å². The normalized spacial score (nSPS) is 16.4. The summed E-state index contributed by atoms with van der Waals surface area (Å²) in [6.07, 6.45) is 12.8. The standard InChI is InChI=1S/C28H38F2N6O/c1-5-34-13-12-19(2)28(33)22-16-21(8-6-11-26(22)31)35-17-27(32)20(3)37-15-14-36(4)18-23-24(29)9-7-10-25(23)30/h5,7-13,16-17,19-20,33,35H,6,14-15,18,31-32H2,1-4H3/b13-12-,27-17-,33-28?,34-5?.